The van der Waals surface area contributed by atoms with E-state index < -0.39 is 28.7 Å². The van der Waals surface area contributed by atoms with Crippen molar-refractivity contribution in [2.45, 2.75) is 98.1 Å². The molecular weight excluding hydrogens is 392 g/mol. The quantitative estimate of drug-likeness (QED) is 0.517. The first-order chi connectivity index (χ1) is 14.2. The first-order valence-corrected chi connectivity index (χ1v) is 11.8. The molecule has 172 valence electrons. The minimum Gasteiger partial charge on any atom is -0.346 e. The average molecular weight is 431 g/mol. The van der Waals surface area contributed by atoms with Gasteiger partial charge in [0.05, 0.1) is 12.0 Å². The number of hydrogen-bond donors (Lipinski definition) is 0. The molecule has 2 spiro atoms. The molecule has 3 aliphatic carbocycles. The minimum absolute atomic E-state index is 0.0963. The highest BCUT2D eigenvalue weighted by Gasteiger charge is 2.78. The van der Waals surface area contributed by atoms with Crippen molar-refractivity contribution in [3.8, 4) is 0 Å². The zero-order valence-electron chi connectivity index (χ0n) is 20.5. The summed E-state index contributed by atoms with van der Waals surface area (Å²) >= 11 is 0. The predicted molar refractivity (Wildman–Crippen MR) is 117 cm³/mol. The van der Waals surface area contributed by atoms with Crippen molar-refractivity contribution in [3.05, 3.63) is 23.3 Å². The van der Waals surface area contributed by atoms with Gasteiger partial charge in [0.25, 0.3) is 0 Å². The van der Waals surface area contributed by atoms with E-state index in [4.69, 9.17) is 18.9 Å². The molecule has 0 amide bonds. The van der Waals surface area contributed by atoms with E-state index in [0.29, 0.717) is 12.5 Å². The molecule has 31 heavy (non-hydrogen) atoms. The Balaban J connectivity index is 1.85. The van der Waals surface area contributed by atoms with Gasteiger partial charge in [-0.2, -0.15) is 0 Å². The summed E-state index contributed by atoms with van der Waals surface area (Å²) in [6.45, 7) is 19.3. The summed E-state index contributed by atoms with van der Waals surface area (Å²) in [5.41, 5.74) is 0.172. The molecule has 5 rings (SSSR count). The molecule has 1 saturated carbocycles. The van der Waals surface area contributed by atoms with E-state index in [2.05, 4.69) is 46.8 Å². The Morgan fingerprint density at radius 3 is 2.26 bits per heavy atom. The van der Waals surface area contributed by atoms with E-state index in [9.17, 15) is 4.79 Å². The largest absolute Gasteiger partial charge is 0.346 e. The number of fused-ring (bicyclic) bond motifs is 2. The van der Waals surface area contributed by atoms with Crippen LogP contribution in [0.4, 0.5) is 0 Å². The number of hydrogen-bond acceptors (Lipinski definition) is 5. The molecule has 2 bridgehead atoms. The van der Waals surface area contributed by atoms with E-state index in [1.165, 1.54) is 0 Å². The van der Waals surface area contributed by atoms with Crippen LogP contribution in [-0.2, 0) is 23.7 Å². The van der Waals surface area contributed by atoms with Gasteiger partial charge in [0.2, 0.25) is 0 Å². The van der Waals surface area contributed by atoms with Crippen LogP contribution in [0.25, 0.3) is 0 Å². The Labute approximate surface area is 186 Å². The second kappa shape index (κ2) is 6.11. The second-order valence-corrected chi connectivity index (χ2v) is 12.2. The fourth-order valence-electron chi connectivity index (χ4n) is 7.23. The van der Waals surface area contributed by atoms with Gasteiger partial charge in [-0.25, -0.2) is 0 Å². The highest BCUT2D eigenvalue weighted by Crippen LogP contribution is 2.67. The van der Waals surface area contributed by atoms with Gasteiger partial charge in [0, 0.05) is 5.92 Å². The van der Waals surface area contributed by atoms with Gasteiger partial charge in [0.15, 0.2) is 17.4 Å². The Morgan fingerprint density at radius 1 is 0.935 bits per heavy atom. The summed E-state index contributed by atoms with van der Waals surface area (Å²) in [6.07, 6.45) is 4.58. The maximum atomic E-state index is 14.7. The first kappa shape index (κ1) is 21.8. The van der Waals surface area contributed by atoms with Crippen molar-refractivity contribution in [3.63, 3.8) is 0 Å². The molecule has 0 aromatic carbocycles. The lowest BCUT2D eigenvalue weighted by Crippen LogP contribution is -2.67. The minimum atomic E-state index is -0.932. The van der Waals surface area contributed by atoms with Gasteiger partial charge in [-0.05, 0) is 69.4 Å². The first-order valence-electron chi connectivity index (χ1n) is 11.8. The van der Waals surface area contributed by atoms with Crippen LogP contribution < -0.4 is 0 Å². The monoisotopic (exact) mass is 430 g/mol. The van der Waals surface area contributed by atoms with Gasteiger partial charge < -0.3 is 18.9 Å². The maximum absolute atomic E-state index is 14.7. The van der Waals surface area contributed by atoms with Crippen molar-refractivity contribution in [2.75, 3.05) is 6.61 Å². The van der Waals surface area contributed by atoms with Crippen LogP contribution in [0, 0.1) is 28.6 Å². The van der Waals surface area contributed by atoms with Crippen LogP contribution >= 0.6 is 0 Å². The molecule has 0 aromatic rings. The van der Waals surface area contributed by atoms with Crippen molar-refractivity contribution < 1.29 is 23.7 Å². The third-order valence-electron chi connectivity index (χ3n) is 9.06. The zero-order chi connectivity index (χ0) is 22.8. The van der Waals surface area contributed by atoms with Crippen molar-refractivity contribution >= 4 is 5.78 Å². The molecule has 0 N–H and O–H groups in total. The van der Waals surface area contributed by atoms with Crippen LogP contribution in [0.2, 0.25) is 0 Å². The molecule has 2 heterocycles. The zero-order valence-corrected chi connectivity index (χ0v) is 20.5. The third kappa shape index (κ3) is 2.55. The molecule has 6 unspecified atom stereocenters. The molecule has 0 aromatic heterocycles. The van der Waals surface area contributed by atoms with Gasteiger partial charge in [-0.3, -0.25) is 4.79 Å². The van der Waals surface area contributed by atoms with E-state index in [1.54, 1.807) is 0 Å². The molecular formula is C26H38O5. The van der Waals surface area contributed by atoms with Crippen LogP contribution in [0.3, 0.4) is 0 Å². The summed E-state index contributed by atoms with van der Waals surface area (Å²) in [5, 5.41) is 0. The standard InChI is InChI=1S/C26H38O5/c1-14-12-25-16(3)10-15(2)22(4,5)18(19(25)27)11-17-13-28-23(6,7)30-21(17)26(25)20(14)29-24(8,9)31-26/h11-12,15-16,18,20-21H,10,13H2,1-9H3/t15?,16-,18?,20?,21?,25?,26?/m1/s1. The average Bonchev–Trinajstić information content (AvgIpc) is 3.02. The Morgan fingerprint density at radius 2 is 1.58 bits per heavy atom. The van der Waals surface area contributed by atoms with Gasteiger partial charge in [-0.15, -0.1) is 0 Å². The van der Waals surface area contributed by atoms with Gasteiger partial charge in [0.1, 0.15) is 17.8 Å². The number of allylic oxidation sites excluding steroid dienone is 1. The fraction of sp³-hybridized carbons (Fsp3) is 0.808. The van der Waals surface area contributed by atoms with Crippen LogP contribution in [-0.4, -0.2) is 41.8 Å². The van der Waals surface area contributed by atoms with E-state index >= 15 is 0 Å². The lowest BCUT2D eigenvalue weighted by Gasteiger charge is -2.52. The van der Waals surface area contributed by atoms with Crippen molar-refractivity contribution in [1.82, 2.24) is 0 Å². The number of Topliss-reactive ketones (excluding diaryl/α,β-unsaturated/α-hetero) is 1. The number of ether oxygens (including phenoxy) is 4. The molecule has 3 fully saturated rings. The lowest BCUT2D eigenvalue weighted by atomic mass is 9.59. The molecule has 2 aliphatic heterocycles. The smallest absolute Gasteiger partial charge is 0.164 e. The highest BCUT2D eigenvalue weighted by molar-refractivity contribution is 5.95. The SMILES string of the molecule is CC1=CC23C(=O)C(C=C4COC(C)(C)OC4C24OC(C)(C)OC14)C(C)(C)C(C)C[C@H]3C. The molecule has 5 heteroatoms. The van der Waals surface area contributed by atoms with Crippen molar-refractivity contribution in [2.24, 2.45) is 28.6 Å². The van der Waals surface area contributed by atoms with Crippen LogP contribution in [0.5, 0.6) is 0 Å². The summed E-state index contributed by atoms with van der Waals surface area (Å²) in [4.78, 5) is 14.7. The van der Waals surface area contributed by atoms with Crippen LogP contribution in [0.1, 0.15) is 68.7 Å². The van der Waals surface area contributed by atoms with Crippen molar-refractivity contribution in [1.29, 1.82) is 0 Å². The molecule has 5 aliphatic rings. The van der Waals surface area contributed by atoms with Gasteiger partial charge in [-0.1, -0.05) is 39.8 Å². The Kier molecular flexibility index (Phi) is 4.30. The van der Waals surface area contributed by atoms with E-state index in [1.807, 2.05) is 27.7 Å². The Bertz CT molecular complexity index is 895. The summed E-state index contributed by atoms with van der Waals surface area (Å²) in [5.74, 6) is -1.07. The highest BCUT2D eigenvalue weighted by atomic mass is 16.8. The topological polar surface area (TPSA) is 54.0 Å². The summed E-state index contributed by atoms with van der Waals surface area (Å²) in [7, 11) is 0. The number of carbonyl (C=O) groups is 1. The number of carbonyl (C=O) groups excluding carboxylic acids is 1. The van der Waals surface area contributed by atoms with E-state index in [-0.39, 0.29) is 29.1 Å². The summed E-state index contributed by atoms with van der Waals surface area (Å²) in [6, 6.07) is 0. The third-order valence-corrected chi connectivity index (χ3v) is 9.06. The molecule has 2 saturated heterocycles. The second-order valence-electron chi connectivity index (χ2n) is 12.2. The Hall–Kier alpha value is -1.01. The fourth-order valence-corrected chi connectivity index (χ4v) is 7.23. The lowest BCUT2D eigenvalue weighted by molar-refractivity contribution is -0.304. The molecule has 0 radical (unpaired) electrons. The number of rotatable bonds is 0. The predicted octanol–water partition coefficient (Wildman–Crippen LogP) is 4.80. The molecule has 5 nitrogen and oxygen atoms in total. The maximum Gasteiger partial charge on any atom is 0.164 e. The van der Waals surface area contributed by atoms with E-state index in [0.717, 1.165) is 17.6 Å². The summed E-state index contributed by atoms with van der Waals surface area (Å²) < 4.78 is 26.2. The normalized spacial score (nSPS) is 49.2. The van der Waals surface area contributed by atoms with Gasteiger partial charge >= 0.3 is 0 Å². The molecule has 7 atom stereocenters. The van der Waals surface area contributed by atoms with Crippen LogP contribution in [0.15, 0.2) is 23.3 Å². The number of ketones is 1.